The molecule has 0 aliphatic heterocycles. The van der Waals surface area contributed by atoms with E-state index in [2.05, 4.69) is 31.9 Å². The minimum atomic E-state index is -0.509. The normalized spacial score (nSPS) is 10.2. The zero-order valence-corrected chi connectivity index (χ0v) is 30.9. The second kappa shape index (κ2) is 22.4. The van der Waals surface area contributed by atoms with Crippen molar-refractivity contribution in [3.05, 3.63) is 89.5 Å². The van der Waals surface area contributed by atoms with Crippen LogP contribution in [0, 0.1) is 0 Å². The molecule has 0 fully saturated rings. The molecule has 14 nitrogen and oxygen atoms in total. The largest absolute Gasteiger partial charge is 0.444 e. The van der Waals surface area contributed by atoms with Gasteiger partial charge in [0, 0.05) is 50.8 Å². The second-order valence-corrected chi connectivity index (χ2v) is 12.5. The predicted octanol–water partition coefficient (Wildman–Crippen LogP) is 6.07. The first-order valence-electron chi connectivity index (χ1n) is 15.6. The molecular formula is C35H53ClN8O6. The lowest BCUT2D eigenvalue weighted by Gasteiger charge is -2.19. The summed E-state index contributed by atoms with van der Waals surface area (Å²) in [6, 6.07) is 21.4. The molecule has 0 radical (unpaired) electrons. The Morgan fingerprint density at radius 3 is 1.20 bits per heavy atom. The van der Waals surface area contributed by atoms with Gasteiger partial charge in [0.05, 0.1) is 0 Å². The Kier molecular flexibility index (Phi) is 20.1. The van der Waals surface area contributed by atoms with Crippen molar-refractivity contribution in [2.24, 2.45) is 5.73 Å². The van der Waals surface area contributed by atoms with Crippen LogP contribution in [0.1, 0.15) is 58.2 Å². The molecule has 6 amide bonds. The van der Waals surface area contributed by atoms with Crippen molar-refractivity contribution in [1.29, 1.82) is 0 Å². The number of nitrogen functional groups attached to an aromatic ring is 1. The van der Waals surface area contributed by atoms with Crippen molar-refractivity contribution in [2.75, 3.05) is 30.5 Å². The summed E-state index contributed by atoms with van der Waals surface area (Å²) in [7, 11) is 3.12. The Morgan fingerprint density at radius 1 is 0.580 bits per heavy atom. The van der Waals surface area contributed by atoms with Crippen LogP contribution in [0.3, 0.4) is 0 Å². The van der Waals surface area contributed by atoms with E-state index in [1.54, 1.807) is 38.4 Å². The van der Waals surface area contributed by atoms with Gasteiger partial charge in [0.25, 0.3) is 0 Å². The van der Waals surface area contributed by atoms with Crippen LogP contribution in [-0.2, 0) is 29.1 Å². The molecule has 0 heterocycles. The number of urea groups is 2. The molecular weight excluding hydrogens is 664 g/mol. The van der Waals surface area contributed by atoms with E-state index in [-0.39, 0.29) is 24.5 Å². The van der Waals surface area contributed by atoms with Crippen LogP contribution >= 0.6 is 12.4 Å². The van der Waals surface area contributed by atoms with Crippen molar-refractivity contribution in [2.45, 2.75) is 72.4 Å². The van der Waals surface area contributed by atoms with Crippen LogP contribution in [0.25, 0.3) is 0 Å². The van der Waals surface area contributed by atoms with Gasteiger partial charge in [-0.2, -0.15) is 0 Å². The quantitative estimate of drug-likeness (QED) is 0.134. The van der Waals surface area contributed by atoms with E-state index in [1.807, 2.05) is 90.1 Å². The molecule has 50 heavy (non-hydrogen) atoms. The molecule has 0 aliphatic carbocycles. The van der Waals surface area contributed by atoms with Crippen LogP contribution < -0.4 is 43.4 Å². The standard InChI is InChI=1S/C14H21N3O3.C12H18N2O2.C9H13N3O.ClH/c1-14(2,3)20-13(19)16-9-10-5-7-11(8-6-10)17-12(18)15-4;1-12(2,3)16-11(15)14-8-9-4-6-10(13)7-5-9;1-11-9(13)12-8-4-2-7(6-10)3-5-8;/h5-8H,9H2,1-4H3,(H,16,19)(H2,15,17,18);4-7H,8,13H2,1-3H3,(H,14,15);2-5H,6,10H2,1H3,(H2,11,12,13);1H. The summed E-state index contributed by atoms with van der Waals surface area (Å²) in [5, 5.41) is 15.6. The van der Waals surface area contributed by atoms with Gasteiger partial charge in [-0.05, 0) is 94.6 Å². The Bertz CT molecular complexity index is 1460. The van der Waals surface area contributed by atoms with Crippen molar-refractivity contribution in [1.82, 2.24) is 21.3 Å². The molecule has 3 aromatic carbocycles. The lowest BCUT2D eigenvalue weighted by molar-refractivity contribution is 0.0512. The third kappa shape index (κ3) is 21.6. The maximum Gasteiger partial charge on any atom is 0.407 e. The molecule has 15 heteroatoms. The highest BCUT2D eigenvalue weighted by atomic mass is 35.5. The summed E-state index contributed by atoms with van der Waals surface area (Å²) in [4.78, 5) is 44.8. The number of anilines is 3. The number of ether oxygens (including phenoxy) is 2. The van der Waals surface area contributed by atoms with Gasteiger partial charge in [-0.25, -0.2) is 19.2 Å². The highest BCUT2D eigenvalue weighted by molar-refractivity contribution is 5.89. The Balaban J connectivity index is 0.000000729. The molecule has 276 valence electrons. The number of alkyl carbamates (subject to hydrolysis) is 2. The summed E-state index contributed by atoms with van der Waals surface area (Å²) in [5.41, 5.74) is 15.1. The predicted molar refractivity (Wildman–Crippen MR) is 201 cm³/mol. The van der Waals surface area contributed by atoms with E-state index in [0.29, 0.717) is 31.0 Å². The fraction of sp³-hybridized carbons (Fsp3) is 0.371. The lowest BCUT2D eigenvalue weighted by Crippen LogP contribution is -2.32. The third-order valence-electron chi connectivity index (χ3n) is 5.76. The van der Waals surface area contributed by atoms with Crippen molar-refractivity contribution in [3.8, 4) is 0 Å². The Hall–Kier alpha value is -5.21. The topological polar surface area (TPSA) is 211 Å². The van der Waals surface area contributed by atoms with Gasteiger partial charge >= 0.3 is 24.2 Å². The van der Waals surface area contributed by atoms with Gasteiger partial charge < -0.3 is 52.8 Å². The van der Waals surface area contributed by atoms with Crippen LogP contribution in [0.15, 0.2) is 72.8 Å². The third-order valence-corrected chi connectivity index (χ3v) is 5.76. The molecule has 10 N–H and O–H groups in total. The SMILES string of the molecule is CC(C)(C)OC(=O)NCc1ccc(N)cc1.CNC(=O)Nc1ccc(CN)cc1.CNC(=O)Nc1ccc(CNC(=O)OC(C)(C)C)cc1.Cl. The Morgan fingerprint density at radius 2 is 0.900 bits per heavy atom. The number of amides is 6. The van der Waals surface area contributed by atoms with Crippen molar-refractivity contribution >= 4 is 53.7 Å². The molecule has 0 aliphatic rings. The number of rotatable bonds is 7. The van der Waals surface area contributed by atoms with E-state index < -0.39 is 23.4 Å². The number of hydrogen-bond donors (Lipinski definition) is 8. The number of halogens is 1. The van der Waals surface area contributed by atoms with Crippen molar-refractivity contribution < 1.29 is 28.7 Å². The van der Waals surface area contributed by atoms with Gasteiger partial charge in [-0.15, -0.1) is 12.4 Å². The number of nitrogens with two attached hydrogens (primary N) is 2. The molecule has 0 unspecified atom stereocenters. The molecule has 0 saturated carbocycles. The minimum absolute atomic E-state index is 0. The highest BCUT2D eigenvalue weighted by Gasteiger charge is 2.16. The summed E-state index contributed by atoms with van der Waals surface area (Å²) >= 11 is 0. The van der Waals surface area contributed by atoms with Crippen LogP contribution in [-0.4, -0.2) is 49.5 Å². The van der Waals surface area contributed by atoms with E-state index in [1.165, 1.54) is 0 Å². The zero-order valence-electron chi connectivity index (χ0n) is 30.1. The van der Waals surface area contributed by atoms with E-state index in [0.717, 1.165) is 22.4 Å². The Labute approximate surface area is 301 Å². The molecule has 0 saturated heterocycles. The number of nitrogens with one attached hydrogen (secondary N) is 6. The van der Waals surface area contributed by atoms with Gasteiger partial charge in [-0.3, -0.25) is 0 Å². The van der Waals surface area contributed by atoms with Gasteiger partial charge in [0.15, 0.2) is 0 Å². The number of benzene rings is 3. The number of hydrogen-bond acceptors (Lipinski definition) is 8. The highest BCUT2D eigenvalue weighted by Crippen LogP contribution is 2.12. The number of carbonyl (C=O) groups is 4. The first-order valence-corrected chi connectivity index (χ1v) is 15.6. The van der Waals surface area contributed by atoms with Crippen LogP contribution in [0.5, 0.6) is 0 Å². The summed E-state index contributed by atoms with van der Waals surface area (Å²) in [6.07, 6.45) is -0.866. The summed E-state index contributed by atoms with van der Waals surface area (Å²) in [5.74, 6) is 0. The van der Waals surface area contributed by atoms with E-state index in [4.69, 9.17) is 20.9 Å². The molecule has 0 aromatic heterocycles. The first kappa shape index (κ1) is 44.8. The average Bonchev–Trinajstić information content (AvgIpc) is 3.03. The minimum Gasteiger partial charge on any atom is -0.444 e. The van der Waals surface area contributed by atoms with E-state index in [9.17, 15) is 19.2 Å². The monoisotopic (exact) mass is 716 g/mol. The zero-order chi connectivity index (χ0) is 37.0. The smallest absolute Gasteiger partial charge is 0.407 e. The molecule has 3 aromatic rings. The lowest BCUT2D eigenvalue weighted by atomic mass is 10.2. The fourth-order valence-electron chi connectivity index (χ4n) is 3.43. The first-order chi connectivity index (χ1) is 22.9. The van der Waals surface area contributed by atoms with Crippen molar-refractivity contribution in [3.63, 3.8) is 0 Å². The maximum atomic E-state index is 11.5. The second-order valence-electron chi connectivity index (χ2n) is 12.5. The molecule has 0 atom stereocenters. The molecule has 3 rings (SSSR count). The molecule has 0 bridgehead atoms. The van der Waals surface area contributed by atoms with Gasteiger partial charge in [0.1, 0.15) is 11.2 Å². The number of carbonyl (C=O) groups excluding carboxylic acids is 4. The van der Waals surface area contributed by atoms with Gasteiger partial charge in [-0.1, -0.05) is 36.4 Å². The average molecular weight is 717 g/mol. The van der Waals surface area contributed by atoms with Crippen LogP contribution in [0.2, 0.25) is 0 Å². The van der Waals surface area contributed by atoms with E-state index >= 15 is 0 Å². The fourth-order valence-corrected chi connectivity index (χ4v) is 3.43. The summed E-state index contributed by atoms with van der Waals surface area (Å²) in [6.45, 7) is 12.2. The maximum absolute atomic E-state index is 11.5. The van der Waals surface area contributed by atoms with Crippen LogP contribution in [0.4, 0.5) is 36.2 Å². The summed E-state index contributed by atoms with van der Waals surface area (Å²) < 4.78 is 10.2. The molecule has 0 spiro atoms. The van der Waals surface area contributed by atoms with Gasteiger partial charge in [0.2, 0.25) is 0 Å².